The average molecular weight is 430 g/mol. The third kappa shape index (κ3) is 3.58. The molecule has 9 heteroatoms. The van der Waals surface area contributed by atoms with Crippen LogP contribution in [0.15, 0.2) is 70.6 Å². The molecule has 5 rings (SSSR count). The lowest BCUT2D eigenvalue weighted by atomic mass is 10.2. The maximum absolute atomic E-state index is 12.9. The number of H-pyrrole nitrogens is 1. The Labute approximate surface area is 183 Å². The van der Waals surface area contributed by atoms with Gasteiger partial charge in [0.2, 0.25) is 5.91 Å². The largest absolute Gasteiger partial charge is 0.332 e. The van der Waals surface area contributed by atoms with E-state index in [0.29, 0.717) is 13.1 Å². The predicted octanol–water partition coefficient (Wildman–Crippen LogP) is 1.75. The van der Waals surface area contributed by atoms with Gasteiger partial charge in [-0.3, -0.25) is 14.6 Å². The van der Waals surface area contributed by atoms with Crippen molar-refractivity contribution in [1.29, 1.82) is 0 Å². The number of carbonyl (C=O) groups is 1. The molecule has 1 aliphatic heterocycles. The van der Waals surface area contributed by atoms with Crippen molar-refractivity contribution in [3.63, 3.8) is 0 Å². The maximum Gasteiger partial charge on any atom is 0.328 e. The molecule has 0 saturated heterocycles. The van der Waals surface area contributed by atoms with Crippen molar-refractivity contribution in [1.82, 2.24) is 28.8 Å². The lowest BCUT2D eigenvalue weighted by molar-refractivity contribution is -0.132. The van der Waals surface area contributed by atoms with Crippen LogP contribution in [0.5, 0.6) is 0 Å². The van der Waals surface area contributed by atoms with Crippen LogP contribution in [0.2, 0.25) is 0 Å². The normalized spacial score (nSPS) is 12.8. The van der Waals surface area contributed by atoms with Gasteiger partial charge in [0.25, 0.3) is 5.56 Å². The van der Waals surface area contributed by atoms with E-state index in [1.165, 1.54) is 16.8 Å². The van der Waals surface area contributed by atoms with Gasteiger partial charge in [-0.15, -0.1) is 0 Å². The smallest absolute Gasteiger partial charge is 0.328 e. The SMILES string of the molecule is Cc1cccc(-n2nc3c(c2-n2cccc2)CN(C(=O)CCn2ccc(=O)[nH]c2=O)C3)c1. The molecule has 9 nitrogen and oxygen atoms in total. The number of aromatic amines is 1. The zero-order chi connectivity index (χ0) is 22.2. The number of nitrogens with one attached hydrogen (secondary N) is 1. The van der Waals surface area contributed by atoms with Crippen molar-refractivity contribution in [2.45, 2.75) is 33.0 Å². The summed E-state index contributed by atoms with van der Waals surface area (Å²) in [7, 11) is 0. The van der Waals surface area contributed by atoms with Crippen molar-refractivity contribution >= 4 is 5.91 Å². The van der Waals surface area contributed by atoms with Crippen molar-refractivity contribution in [3.8, 4) is 11.5 Å². The second kappa shape index (κ2) is 7.84. The highest BCUT2D eigenvalue weighted by Crippen LogP contribution is 2.31. The third-order valence-electron chi connectivity index (χ3n) is 5.64. The van der Waals surface area contributed by atoms with Crippen LogP contribution in [0.25, 0.3) is 11.5 Å². The number of benzene rings is 1. The highest BCUT2D eigenvalue weighted by Gasteiger charge is 2.31. The molecule has 0 aliphatic carbocycles. The number of amides is 1. The average Bonchev–Trinajstić information content (AvgIpc) is 3.49. The van der Waals surface area contributed by atoms with Crippen molar-refractivity contribution in [3.05, 3.63) is 98.7 Å². The number of fused-ring (bicyclic) bond motifs is 1. The molecule has 0 atom stereocenters. The van der Waals surface area contributed by atoms with E-state index in [9.17, 15) is 14.4 Å². The summed E-state index contributed by atoms with van der Waals surface area (Å²) in [5.74, 6) is 0.851. The van der Waals surface area contributed by atoms with Crippen LogP contribution in [-0.4, -0.2) is 34.7 Å². The minimum atomic E-state index is -0.514. The molecule has 3 aromatic heterocycles. The van der Waals surface area contributed by atoms with E-state index in [1.807, 2.05) is 58.9 Å². The van der Waals surface area contributed by atoms with Crippen molar-refractivity contribution in [2.24, 2.45) is 0 Å². The first-order chi connectivity index (χ1) is 15.5. The van der Waals surface area contributed by atoms with Gasteiger partial charge in [-0.1, -0.05) is 12.1 Å². The summed E-state index contributed by atoms with van der Waals surface area (Å²) in [5, 5.41) is 4.84. The van der Waals surface area contributed by atoms with Crippen LogP contribution in [-0.2, 0) is 24.4 Å². The fourth-order valence-electron chi connectivity index (χ4n) is 4.05. The zero-order valence-electron chi connectivity index (χ0n) is 17.6. The number of aryl methyl sites for hydroxylation is 2. The summed E-state index contributed by atoms with van der Waals surface area (Å²) in [5.41, 5.74) is 3.02. The van der Waals surface area contributed by atoms with Gasteiger partial charge in [0.15, 0.2) is 0 Å². The Balaban J connectivity index is 1.40. The fourth-order valence-corrected chi connectivity index (χ4v) is 4.05. The number of rotatable bonds is 5. The number of carbonyl (C=O) groups excluding carboxylic acids is 1. The lowest BCUT2D eigenvalue weighted by Crippen LogP contribution is -2.32. The Morgan fingerprint density at radius 1 is 1.06 bits per heavy atom. The van der Waals surface area contributed by atoms with Crippen LogP contribution >= 0.6 is 0 Å². The molecule has 0 unspecified atom stereocenters. The van der Waals surface area contributed by atoms with Gasteiger partial charge in [-0.2, -0.15) is 5.10 Å². The molecule has 0 bridgehead atoms. The van der Waals surface area contributed by atoms with E-state index in [1.54, 1.807) is 4.90 Å². The second-order valence-corrected chi connectivity index (χ2v) is 7.89. The Hall–Kier alpha value is -4.14. The highest BCUT2D eigenvalue weighted by molar-refractivity contribution is 5.77. The lowest BCUT2D eigenvalue weighted by Gasteiger charge is -2.18. The molecule has 162 valence electrons. The number of aromatic nitrogens is 5. The van der Waals surface area contributed by atoms with Gasteiger partial charge in [0.05, 0.1) is 24.5 Å². The minimum absolute atomic E-state index is 0.0679. The van der Waals surface area contributed by atoms with E-state index in [0.717, 1.165) is 28.3 Å². The molecular formula is C23H22N6O3. The molecule has 4 heterocycles. The summed E-state index contributed by atoms with van der Waals surface area (Å²) in [6.45, 7) is 3.12. The maximum atomic E-state index is 12.9. The molecule has 0 spiro atoms. The van der Waals surface area contributed by atoms with E-state index >= 15 is 0 Å². The van der Waals surface area contributed by atoms with Gasteiger partial charge in [0, 0.05) is 43.2 Å². The fraction of sp³-hybridized carbons (Fsp3) is 0.217. The van der Waals surface area contributed by atoms with Crippen molar-refractivity contribution < 1.29 is 4.79 Å². The topological polar surface area (TPSA) is 97.9 Å². The monoisotopic (exact) mass is 430 g/mol. The zero-order valence-corrected chi connectivity index (χ0v) is 17.6. The second-order valence-electron chi connectivity index (χ2n) is 7.89. The molecule has 1 aromatic carbocycles. The van der Waals surface area contributed by atoms with Crippen LogP contribution in [0.3, 0.4) is 0 Å². The quantitative estimate of drug-likeness (QED) is 0.522. The van der Waals surface area contributed by atoms with Crippen LogP contribution in [0, 0.1) is 6.92 Å². The van der Waals surface area contributed by atoms with Gasteiger partial charge in [0.1, 0.15) is 5.82 Å². The molecular weight excluding hydrogens is 408 g/mol. The molecule has 0 fully saturated rings. The molecule has 0 saturated carbocycles. The van der Waals surface area contributed by atoms with E-state index in [4.69, 9.17) is 5.10 Å². The van der Waals surface area contributed by atoms with Gasteiger partial charge in [-0.25, -0.2) is 9.48 Å². The summed E-state index contributed by atoms with van der Waals surface area (Å²) in [6, 6.07) is 13.3. The molecule has 0 radical (unpaired) electrons. The first kappa shape index (κ1) is 19.8. The van der Waals surface area contributed by atoms with Gasteiger partial charge >= 0.3 is 5.69 Å². The molecule has 32 heavy (non-hydrogen) atoms. The Bertz CT molecular complexity index is 1410. The summed E-state index contributed by atoms with van der Waals surface area (Å²) in [6.07, 6.45) is 5.50. The molecule has 1 aliphatic rings. The van der Waals surface area contributed by atoms with Gasteiger partial charge in [-0.05, 0) is 36.8 Å². The molecule has 4 aromatic rings. The molecule has 1 amide bonds. The van der Waals surface area contributed by atoms with Crippen molar-refractivity contribution in [2.75, 3.05) is 0 Å². The first-order valence-corrected chi connectivity index (χ1v) is 10.4. The summed E-state index contributed by atoms with van der Waals surface area (Å²) >= 11 is 0. The molecule has 1 N–H and O–H groups in total. The Morgan fingerprint density at radius 2 is 1.88 bits per heavy atom. The number of hydrogen-bond acceptors (Lipinski definition) is 4. The standard InChI is InChI=1S/C23H22N6O3/c1-16-5-4-6-17(13-16)29-22(26-9-2-3-10-26)18-14-28(15-19(18)25-29)21(31)8-12-27-11-7-20(30)24-23(27)32/h2-7,9-11,13H,8,12,14-15H2,1H3,(H,24,30,32). The van der Waals surface area contributed by atoms with E-state index in [2.05, 4.69) is 11.1 Å². The highest BCUT2D eigenvalue weighted by atomic mass is 16.2. The third-order valence-corrected chi connectivity index (χ3v) is 5.64. The van der Waals surface area contributed by atoms with Crippen LogP contribution in [0.4, 0.5) is 0 Å². The number of nitrogens with zero attached hydrogens (tertiary/aromatic N) is 5. The summed E-state index contributed by atoms with van der Waals surface area (Å²) in [4.78, 5) is 39.9. The Kier molecular flexibility index (Phi) is 4.85. The first-order valence-electron chi connectivity index (χ1n) is 10.4. The summed E-state index contributed by atoms with van der Waals surface area (Å²) < 4.78 is 5.28. The van der Waals surface area contributed by atoms with Crippen LogP contribution < -0.4 is 11.2 Å². The van der Waals surface area contributed by atoms with Crippen LogP contribution in [0.1, 0.15) is 23.2 Å². The van der Waals surface area contributed by atoms with E-state index < -0.39 is 11.2 Å². The minimum Gasteiger partial charge on any atom is -0.332 e. The van der Waals surface area contributed by atoms with E-state index in [-0.39, 0.29) is 18.9 Å². The predicted molar refractivity (Wildman–Crippen MR) is 118 cm³/mol. The Morgan fingerprint density at radius 3 is 2.62 bits per heavy atom. The number of hydrogen-bond donors (Lipinski definition) is 1. The van der Waals surface area contributed by atoms with Gasteiger partial charge < -0.3 is 14.0 Å².